The average molecular weight is 355 g/mol. The fourth-order valence-electron chi connectivity index (χ4n) is 3.28. The molecule has 2 aliphatic heterocycles. The maximum Gasteiger partial charge on any atom is 0.303 e. The lowest BCUT2D eigenvalue weighted by Crippen LogP contribution is -2.46. The SMILES string of the molecule is N#Cc1ccc(C2=CC3(CCN(C(=O)CCCC(=O)O)CC3)ON2)cc1. The first-order chi connectivity index (χ1) is 12.5. The van der Waals surface area contributed by atoms with Crippen LogP contribution in [-0.2, 0) is 14.4 Å². The molecular weight excluding hydrogens is 334 g/mol. The lowest BCUT2D eigenvalue weighted by Gasteiger charge is -2.36. The first-order valence-electron chi connectivity index (χ1n) is 8.68. The number of carboxylic acids is 1. The summed E-state index contributed by atoms with van der Waals surface area (Å²) in [6.07, 6.45) is 4.09. The summed E-state index contributed by atoms with van der Waals surface area (Å²) in [5.41, 5.74) is 4.97. The third-order valence-electron chi connectivity index (χ3n) is 4.84. The molecule has 0 unspecified atom stereocenters. The molecule has 1 aromatic rings. The minimum atomic E-state index is -0.874. The number of rotatable bonds is 5. The topological polar surface area (TPSA) is 103 Å². The van der Waals surface area contributed by atoms with Gasteiger partial charge in [-0.1, -0.05) is 12.1 Å². The van der Waals surface area contributed by atoms with E-state index >= 15 is 0 Å². The van der Waals surface area contributed by atoms with Crippen LogP contribution in [-0.4, -0.2) is 40.6 Å². The van der Waals surface area contributed by atoms with E-state index in [4.69, 9.17) is 15.2 Å². The van der Waals surface area contributed by atoms with Gasteiger partial charge in [-0.2, -0.15) is 5.26 Å². The number of hydrogen-bond donors (Lipinski definition) is 2. The van der Waals surface area contributed by atoms with Crippen LogP contribution in [0.15, 0.2) is 30.3 Å². The van der Waals surface area contributed by atoms with Crippen molar-refractivity contribution in [3.63, 3.8) is 0 Å². The molecule has 3 rings (SSSR count). The Morgan fingerprint density at radius 2 is 1.92 bits per heavy atom. The summed E-state index contributed by atoms with van der Waals surface area (Å²) in [6, 6.07) is 9.38. The Bertz CT molecular complexity index is 756. The van der Waals surface area contributed by atoms with E-state index in [9.17, 15) is 9.59 Å². The number of hydroxylamine groups is 1. The number of carboxylic acid groups (broad SMARTS) is 1. The molecule has 1 aromatic carbocycles. The number of carbonyl (C=O) groups is 2. The van der Waals surface area contributed by atoms with Crippen molar-refractivity contribution in [1.29, 1.82) is 5.26 Å². The Hall–Kier alpha value is -2.85. The zero-order valence-corrected chi connectivity index (χ0v) is 14.4. The van der Waals surface area contributed by atoms with Crippen LogP contribution >= 0.6 is 0 Å². The highest BCUT2D eigenvalue weighted by atomic mass is 16.7. The van der Waals surface area contributed by atoms with E-state index in [0.717, 1.165) is 11.3 Å². The van der Waals surface area contributed by atoms with Gasteiger partial charge in [-0.05, 0) is 30.2 Å². The molecule has 0 bridgehead atoms. The zero-order chi connectivity index (χ0) is 18.6. The normalized spacial score (nSPS) is 18.1. The van der Waals surface area contributed by atoms with Crippen molar-refractivity contribution in [2.24, 2.45) is 0 Å². The molecule has 0 atom stereocenters. The first kappa shape index (κ1) is 18.0. The van der Waals surface area contributed by atoms with Gasteiger partial charge in [-0.15, -0.1) is 0 Å². The molecule has 1 spiro atoms. The Kier molecular flexibility index (Phi) is 5.24. The van der Waals surface area contributed by atoms with Crippen LogP contribution in [0.1, 0.15) is 43.2 Å². The summed E-state index contributed by atoms with van der Waals surface area (Å²) in [6.45, 7) is 1.18. The molecule has 2 N–H and O–H groups in total. The van der Waals surface area contributed by atoms with Crippen LogP contribution in [0.5, 0.6) is 0 Å². The molecule has 136 valence electrons. The maximum absolute atomic E-state index is 12.2. The van der Waals surface area contributed by atoms with E-state index < -0.39 is 11.6 Å². The summed E-state index contributed by atoms with van der Waals surface area (Å²) in [7, 11) is 0. The molecule has 2 heterocycles. The predicted molar refractivity (Wildman–Crippen MR) is 93.4 cm³/mol. The lowest BCUT2D eigenvalue weighted by atomic mass is 9.90. The highest BCUT2D eigenvalue weighted by molar-refractivity contribution is 5.77. The van der Waals surface area contributed by atoms with Crippen molar-refractivity contribution in [2.75, 3.05) is 13.1 Å². The number of nitrogens with one attached hydrogen (secondary N) is 1. The van der Waals surface area contributed by atoms with Crippen LogP contribution < -0.4 is 5.48 Å². The Labute approximate surface area is 151 Å². The Morgan fingerprint density at radius 1 is 1.23 bits per heavy atom. The van der Waals surface area contributed by atoms with Gasteiger partial charge in [0.05, 0.1) is 17.3 Å². The van der Waals surface area contributed by atoms with Gasteiger partial charge in [0.2, 0.25) is 5.91 Å². The standard InChI is InChI=1S/C19H21N3O4/c20-13-14-4-6-15(7-5-14)16-12-19(26-21-16)8-10-22(11-9-19)17(23)2-1-3-18(24)25/h4-7,12,21H,1-3,8-11H2,(H,24,25). The van der Waals surface area contributed by atoms with Gasteiger partial charge in [-0.3, -0.25) is 19.9 Å². The van der Waals surface area contributed by atoms with Gasteiger partial charge < -0.3 is 10.0 Å². The number of likely N-dealkylation sites (tertiary alicyclic amines) is 1. The fraction of sp³-hybridized carbons (Fsp3) is 0.421. The molecule has 26 heavy (non-hydrogen) atoms. The number of amides is 1. The molecule has 1 amide bonds. The van der Waals surface area contributed by atoms with E-state index in [-0.39, 0.29) is 18.7 Å². The summed E-state index contributed by atoms with van der Waals surface area (Å²) in [5.74, 6) is -0.871. The van der Waals surface area contributed by atoms with Crippen molar-refractivity contribution < 1.29 is 19.5 Å². The second-order valence-electron chi connectivity index (χ2n) is 6.64. The van der Waals surface area contributed by atoms with Crippen LogP contribution in [0.25, 0.3) is 5.70 Å². The van der Waals surface area contributed by atoms with E-state index in [1.54, 1.807) is 17.0 Å². The van der Waals surface area contributed by atoms with Crippen LogP contribution in [0, 0.1) is 11.3 Å². The van der Waals surface area contributed by atoms with E-state index in [2.05, 4.69) is 17.6 Å². The van der Waals surface area contributed by atoms with Gasteiger partial charge in [-0.25, -0.2) is 0 Å². The van der Waals surface area contributed by atoms with Gasteiger partial charge in [0.1, 0.15) is 5.60 Å². The van der Waals surface area contributed by atoms with Gasteiger partial charge in [0.25, 0.3) is 0 Å². The molecular formula is C19H21N3O4. The summed E-state index contributed by atoms with van der Waals surface area (Å²) in [4.78, 5) is 30.3. The van der Waals surface area contributed by atoms with Gasteiger partial charge in [0, 0.05) is 38.8 Å². The van der Waals surface area contributed by atoms with Crippen LogP contribution in [0.4, 0.5) is 0 Å². The molecule has 0 aliphatic carbocycles. The van der Waals surface area contributed by atoms with E-state index in [1.807, 2.05) is 12.1 Å². The minimum Gasteiger partial charge on any atom is -0.481 e. The molecule has 7 nitrogen and oxygen atoms in total. The monoisotopic (exact) mass is 355 g/mol. The van der Waals surface area contributed by atoms with Gasteiger partial charge >= 0.3 is 5.97 Å². The second kappa shape index (κ2) is 7.58. The largest absolute Gasteiger partial charge is 0.481 e. The molecule has 2 aliphatic rings. The summed E-state index contributed by atoms with van der Waals surface area (Å²) >= 11 is 0. The Balaban J connectivity index is 1.57. The van der Waals surface area contributed by atoms with Crippen molar-refractivity contribution in [2.45, 2.75) is 37.7 Å². The highest BCUT2D eigenvalue weighted by Crippen LogP contribution is 2.34. The van der Waals surface area contributed by atoms with Crippen molar-refractivity contribution in [1.82, 2.24) is 10.4 Å². The smallest absolute Gasteiger partial charge is 0.303 e. The number of nitrogens with zero attached hydrogens (tertiary/aromatic N) is 2. The first-order valence-corrected chi connectivity index (χ1v) is 8.68. The zero-order valence-electron chi connectivity index (χ0n) is 14.4. The van der Waals surface area contributed by atoms with Gasteiger partial charge in [0.15, 0.2) is 0 Å². The number of hydrogen-bond acceptors (Lipinski definition) is 5. The Morgan fingerprint density at radius 3 is 2.54 bits per heavy atom. The molecule has 1 saturated heterocycles. The third-order valence-corrected chi connectivity index (χ3v) is 4.84. The number of benzene rings is 1. The van der Waals surface area contributed by atoms with Crippen molar-refractivity contribution in [3.8, 4) is 6.07 Å². The van der Waals surface area contributed by atoms with E-state index in [0.29, 0.717) is 37.9 Å². The maximum atomic E-state index is 12.2. The number of piperidine rings is 1. The predicted octanol–water partition coefficient (Wildman–Crippen LogP) is 2.05. The molecule has 1 fully saturated rings. The van der Waals surface area contributed by atoms with E-state index in [1.165, 1.54) is 0 Å². The fourth-order valence-corrected chi connectivity index (χ4v) is 3.28. The van der Waals surface area contributed by atoms with Crippen LogP contribution in [0.3, 0.4) is 0 Å². The average Bonchev–Trinajstić information content (AvgIpc) is 3.05. The van der Waals surface area contributed by atoms with Crippen molar-refractivity contribution >= 4 is 17.6 Å². The molecule has 0 saturated carbocycles. The third kappa shape index (κ3) is 4.03. The number of aliphatic carboxylic acids is 1. The molecule has 0 radical (unpaired) electrons. The van der Waals surface area contributed by atoms with Crippen LogP contribution in [0.2, 0.25) is 0 Å². The molecule has 7 heteroatoms. The minimum absolute atomic E-state index is 0.00310. The lowest BCUT2D eigenvalue weighted by molar-refractivity contribution is -0.138. The number of carbonyl (C=O) groups excluding carboxylic acids is 1. The van der Waals surface area contributed by atoms with Crippen molar-refractivity contribution in [3.05, 3.63) is 41.5 Å². The quantitative estimate of drug-likeness (QED) is 0.838. The summed E-state index contributed by atoms with van der Waals surface area (Å²) in [5, 5.41) is 17.5. The summed E-state index contributed by atoms with van der Waals surface area (Å²) < 4.78 is 0. The molecule has 0 aromatic heterocycles. The number of nitriles is 1. The second-order valence-corrected chi connectivity index (χ2v) is 6.64. The highest BCUT2D eigenvalue weighted by Gasteiger charge is 2.39.